The lowest BCUT2D eigenvalue weighted by atomic mass is 9.81. The summed E-state index contributed by atoms with van der Waals surface area (Å²) < 4.78 is 0. The molecule has 1 aliphatic carbocycles. The number of aromatic nitrogens is 4. The van der Waals surface area contributed by atoms with E-state index in [0.29, 0.717) is 11.6 Å². The van der Waals surface area contributed by atoms with Crippen LogP contribution < -0.4 is 5.32 Å². The van der Waals surface area contributed by atoms with Gasteiger partial charge in [-0.1, -0.05) is 19.3 Å². The lowest BCUT2D eigenvalue weighted by Gasteiger charge is -2.40. The fourth-order valence-electron chi connectivity index (χ4n) is 3.67. The molecule has 1 aliphatic heterocycles. The Labute approximate surface area is 120 Å². The number of rotatable bonds is 2. The lowest BCUT2D eigenvalue weighted by Crippen LogP contribution is -2.53. The maximum Gasteiger partial charge on any atom is 0.188 e. The van der Waals surface area contributed by atoms with Gasteiger partial charge in [0, 0.05) is 18.1 Å². The molecule has 1 spiro atoms. The SMILES string of the molecule is CC1CCNC2(CCCCC2)CN1Cc1nnn(C)n1. The van der Waals surface area contributed by atoms with Gasteiger partial charge in [-0.2, -0.15) is 4.80 Å². The highest BCUT2D eigenvalue weighted by molar-refractivity contribution is 4.97. The Bertz CT molecular complexity index is 437. The Morgan fingerprint density at radius 2 is 2.10 bits per heavy atom. The highest BCUT2D eigenvalue weighted by Gasteiger charge is 2.36. The van der Waals surface area contributed by atoms with E-state index in [1.165, 1.54) is 38.5 Å². The van der Waals surface area contributed by atoms with Gasteiger partial charge < -0.3 is 5.32 Å². The van der Waals surface area contributed by atoms with Gasteiger partial charge in [0.2, 0.25) is 0 Å². The number of aryl methyl sites for hydroxylation is 1. The molecule has 2 aliphatic rings. The average molecular weight is 278 g/mol. The third-order valence-corrected chi connectivity index (χ3v) is 4.90. The Hall–Kier alpha value is -1.01. The Morgan fingerprint density at radius 3 is 2.80 bits per heavy atom. The Kier molecular flexibility index (Phi) is 4.03. The van der Waals surface area contributed by atoms with Crippen LogP contribution in [0.15, 0.2) is 0 Å². The summed E-state index contributed by atoms with van der Waals surface area (Å²) in [5.41, 5.74) is 0.325. The zero-order valence-corrected chi connectivity index (χ0v) is 12.7. The van der Waals surface area contributed by atoms with Crippen LogP contribution in [0.4, 0.5) is 0 Å². The van der Waals surface area contributed by atoms with Gasteiger partial charge in [-0.15, -0.1) is 10.2 Å². The number of hydrogen-bond acceptors (Lipinski definition) is 5. The van der Waals surface area contributed by atoms with Crippen LogP contribution in [0.2, 0.25) is 0 Å². The zero-order chi connectivity index (χ0) is 14.0. The molecule has 6 nitrogen and oxygen atoms in total. The first-order valence-corrected chi connectivity index (χ1v) is 7.89. The second kappa shape index (κ2) is 5.77. The van der Waals surface area contributed by atoms with Gasteiger partial charge in [0.05, 0.1) is 13.6 Å². The van der Waals surface area contributed by atoms with Crippen molar-refractivity contribution in [2.45, 2.75) is 63.6 Å². The van der Waals surface area contributed by atoms with E-state index in [1.54, 1.807) is 4.80 Å². The van der Waals surface area contributed by atoms with Crippen LogP contribution >= 0.6 is 0 Å². The fraction of sp³-hybridized carbons (Fsp3) is 0.929. The highest BCUT2D eigenvalue weighted by Crippen LogP contribution is 2.31. The normalized spacial score (nSPS) is 27.6. The van der Waals surface area contributed by atoms with Crippen molar-refractivity contribution in [2.24, 2.45) is 7.05 Å². The molecule has 6 heteroatoms. The summed E-state index contributed by atoms with van der Waals surface area (Å²) in [6, 6.07) is 0.576. The number of tetrazole rings is 1. The van der Waals surface area contributed by atoms with Gasteiger partial charge in [-0.25, -0.2) is 0 Å². The van der Waals surface area contributed by atoms with Crippen LogP contribution in [0.5, 0.6) is 0 Å². The first-order chi connectivity index (χ1) is 9.67. The van der Waals surface area contributed by atoms with E-state index in [1.807, 2.05) is 7.05 Å². The minimum atomic E-state index is 0.325. The summed E-state index contributed by atoms with van der Waals surface area (Å²) in [7, 11) is 1.83. The van der Waals surface area contributed by atoms with Crippen molar-refractivity contribution < 1.29 is 0 Å². The molecular weight excluding hydrogens is 252 g/mol. The van der Waals surface area contributed by atoms with Crippen molar-refractivity contribution in [1.82, 2.24) is 30.4 Å². The van der Waals surface area contributed by atoms with Crippen LogP contribution in [-0.4, -0.2) is 49.8 Å². The van der Waals surface area contributed by atoms with Gasteiger partial charge in [0.25, 0.3) is 0 Å². The quantitative estimate of drug-likeness (QED) is 0.878. The first-order valence-electron chi connectivity index (χ1n) is 7.89. The summed E-state index contributed by atoms with van der Waals surface area (Å²) in [5, 5.41) is 16.3. The molecule has 0 amide bonds. The molecule has 2 fully saturated rings. The zero-order valence-electron chi connectivity index (χ0n) is 12.7. The topological polar surface area (TPSA) is 58.9 Å². The van der Waals surface area contributed by atoms with Crippen molar-refractivity contribution in [3.8, 4) is 0 Å². The summed E-state index contributed by atoms with van der Waals surface area (Å²) in [5.74, 6) is 0.840. The summed E-state index contributed by atoms with van der Waals surface area (Å²) in [6.07, 6.45) is 7.93. The molecular formula is C14H26N6. The van der Waals surface area contributed by atoms with E-state index in [9.17, 15) is 0 Å². The maximum absolute atomic E-state index is 4.34. The summed E-state index contributed by atoms with van der Waals surface area (Å²) in [6.45, 7) is 5.39. The molecule has 112 valence electrons. The van der Waals surface area contributed by atoms with Crippen LogP contribution in [0.3, 0.4) is 0 Å². The number of nitrogens with zero attached hydrogens (tertiary/aromatic N) is 5. The average Bonchev–Trinajstić information content (AvgIpc) is 2.78. The highest BCUT2D eigenvalue weighted by atomic mass is 15.6. The second-order valence-corrected chi connectivity index (χ2v) is 6.51. The van der Waals surface area contributed by atoms with E-state index in [2.05, 4.69) is 32.6 Å². The molecule has 2 heterocycles. The molecule has 1 atom stereocenters. The molecule has 1 saturated heterocycles. The summed E-state index contributed by atoms with van der Waals surface area (Å²) in [4.78, 5) is 4.09. The van der Waals surface area contributed by atoms with Crippen molar-refractivity contribution >= 4 is 0 Å². The number of nitrogens with one attached hydrogen (secondary N) is 1. The molecule has 3 rings (SSSR count). The minimum Gasteiger partial charge on any atom is -0.310 e. The predicted molar refractivity (Wildman–Crippen MR) is 77.1 cm³/mol. The van der Waals surface area contributed by atoms with Gasteiger partial charge in [-0.3, -0.25) is 4.90 Å². The van der Waals surface area contributed by atoms with E-state index in [-0.39, 0.29) is 0 Å². The van der Waals surface area contributed by atoms with Gasteiger partial charge >= 0.3 is 0 Å². The van der Waals surface area contributed by atoms with E-state index >= 15 is 0 Å². The Balaban J connectivity index is 1.72. The fourth-order valence-corrected chi connectivity index (χ4v) is 3.67. The van der Waals surface area contributed by atoms with E-state index in [0.717, 1.165) is 25.5 Å². The lowest BCUT2D eigenvalue weighted by molar-refractivity contribution is 0.129. The molecule has 1 aromatic rings. The summed E-state index contributed by atoms with van der Waals surface area (Å²) >= 11 is 0. The smallest absolute Gasteiger partial charge is 0.188 e. The monoisotopic (exact) mass is 278 g/mol. The van der Waals surface area contributed by atoms with Crippen LogP contribution in [0.25, 0.3) is 0 Å². The van der Waals surface area contributed by atoms with Crippen molar-refractivity contribution in [2.75, 3.05) is 13.1 Å². The molecule has 1 saturated carbocycles. The van der Waals surface area contributed by atoms with E-state index in [4.69, 9.17) is 0 Å². The maximum atomic E-state index is 4.34. The van der Waals surface area contributed by atoms with Crippen LogP contribution in [0.1, 0.15) is 51.3 Å². The molecule has 1 N–H and O–H groups in total. The standard InChI is InChI=1S/C14H26N6/c1-12-6-9-15-14(7-4-3-5-8-14)11-20(12)10-13-16-18-19(2)17-13/h12,15H,3-11H2,1-2H3. The molecule has 0 aromatic carbocycles. The van der Waals surface area contributed by atoms with Crippen molar-refractivity contribution in [1.29, 1.82) is 0 Å². The molecule has 0 radical (unpaired) electrons. The first kappa shape index (κ1) is 13.9. The molecule has 0 bridgehead atoms. The Morgan fingerprint density at radius 1 is 1.30 bits per heavy atom. The predicted octanol–water partition coefficient (Wildman–Crippen LogP) is 1.10. The largest absolute Gasteiger partial charge is 0.310 e. The van der Waals surface area contributed by atoms with Crippen molar-refractivity contribution in [3.05, 3.63) is 5.82 Å². The number of hydrogen-bond donors (Lipinski definition) is 1. The van der Waals surface area contributed by atoms with Crippen LogP contribution in [-0.2, 0) is 13.6 Å². The second-order valence-electron chi connectivity index (χ2n) is 6.51. The molecule has 20 heavy (non-hydrogen) atoms. The van der Waals surface area contributed by atoms with Gasteiger partial charge in [0.15, 0.2) is 5.82 Å². The van der Waals surface area contributed by atoms with Gasteiger partial charge in [0.1, 0.15) is 0 Å². The third-order valence-electron chi connectivity index (χ3n) is 4.90. The minimum absolute atomic E-state index is 0.325. The van der Waals surface area contributed by atoms with Crippen LogP contribution in [0, 0.1) is 0 Å². The van der Waals surface area contributed by atoms with Gasteiger partial charge in [-0.05, 0) is 37.9 Å². The molecule has 1 aromatic heterocycles. The van der Waals surface area contributed by atoms with Crippen molar-refractivity contribution in [3.63, 3.8) is 0 Å². The molecule has 1 unspecified atom stereocenters. The third kappa shape index (κ3) is 3.01. The van der Waals surface area contributed by atoms with E-state index < -0.39 is 0 Å².